The minimum atomic E-state index is 1.00. The average Bonchev–Trinajstić information content (AvgIpc) is 2.27. The van der Waals surface area contributed by atoms with E-state index in [0.29, 0.717) is 0 Å². The number of hydrogen-bond donors (Lipinski definition) is 2. The molecule has 3 nitrogen and oxygen atoms in total. The van der Waals surface area contributed by atoms with E-state index in [4.69, 9.17) is 0 Å². The summed E-state index contributed by atoms with van der Waals surface area (Å²) >= 11 is 0. The molecule has 2 N–H and O–H groups in total. The second kappa shape index (κ2) is 3.54. The third kappa shape index (κ3) is 1.27. The summed E-state index contributed by atoms with van der Waals surface area (Å²) in [6.45, 7) is 0. The zero-order chi connectivity index (χ0) is 9.97. The molecule has 0 fully saturated rings. The summed E-state index contributed by atoms with van der Waals surface area (Å²) in [6.07, 6.45) is 1.81. The quantitative estimate of drug-likeness (QED) is 0.757. The van der Waals surface area contributed by atoms with Gasteiger partial charge < -0.3 is 10.6 Å². The smallest absolute Gasteiger partial charge is 0.0954 e. The maximum Gasteiger partial charge on any atom is 0.0954 e. The highest BCUT2D eigenvalue weighted by molar-refractivity contribution is 5.97. The summed E-state index contributed by atoms with van der Waals surface area (Å²) in [5.41, 5.74) is 3.12. The van der Waals surface area contributed by atoms with Gasteiger partial charge in [0.2, 0.25) is 0 Å². The lowest BCUT2D eigenvalue weighted by Gasteiger charge is -2.10. The fourth-order valence-electron chi connectivity index (χ4n) is 1.61. The Labute approximate surface area is 83.2 Å². The van der Waals surface area contributed by atoms with Crippen molar-refractivity contribution >= 4 is 22.3 Å². The Hall–Kier alpha value is -1.77. The Bertz CT molecular complexity index is 451. The van der Waals surface area contributed by atoms with Gasteiger partial charge in [-0.05, 0) is 12.1 Å². The first-order valence-corrected chi connectivity index (χ1v) is 4.60. The van der Waals surface area contributed by atoms with Crippen LogP contribution in [-0.2, 0) is 0 Å². The van der Waals surface area contributed by atoms with Crippen molar-refractivity contribution in [3.63, 3.8) is 0 Å². The van der Waals surface area contributed by atoms with Gasteiger partial charge in [-0.2, -0.15) is 0 Å². The first-order valence-electron chi connectivity index (χ1n) is 4.60. The van der Waals surface area contributed by atoms with E-state index in [1.165, 1.54) is 0 Å². The van der Waals surface area contributed by atoms with Crippen LogP contribution >= 0.6 is 0 Å². The molecule has 0 unspecified atom stereocenters. The number of fused-ring (bicyclic) bond motifs is 1. The second-order valence-electron chi connectivity index (χ2n) is 3.06. The molecule has 1 aromatic heterocycles. The number of benzene rings is 1. The number of rotatable bonds is 2. The van der Waals surface area contributed by atoms with Crippen LogP contribution in [0.2, 0.25) is 0 Å². The van der Waals surface area contributed by atoms with Gasteiger partial charge >= 0.3 is 0 Å². The minimum absolute atomic E-state index is 1.00. The molecule has 1 aromatic carbocycles. The highest BCUT2D eigenvalue weighted by atomic mass is 14.9. The molecule has 0 amide bonds. The Morgan fingerprint density at radius 1 is 1.07 bits per heavy atom. The highest BCUT2D eigenvalue weighted by Crippen LogP contribution is 2.28. The Kier molecular flexibility index (Phi) is 2.23. The van der Waals surface area contributed by atoms with Crippen molar-refractivity contribution in [2.75, 3.05) is 24.7 Å². The van der Waals surface area contributed by atoms with E-state index in [1.54, 1.807) is 0 Å². The van der Waals surface area contributed by atoms with Crippen molar-refractivity contribution in [1.82, 2.24) is 4.98 Å². The highest BCUT2D eigenvalue weighted by Gasteiger charge is 2.04. The number of aromatic nitrogens is 1. The molecule has 2 rings (SSSR count). The van der Waals surface area contributed by atoms with E-state index in [0.717, 1.165) is 22.3 Å². The van der Waals surface area contributed by atoms with E-state index in [-0.39, 0.29) is 0 Å². The van der Waals surface area contributed by atoms with Gasteiger partial charge in [-0.25, -0.2) is 0 Å². The monoisotopic (exact) mass is 187 g/mol. The topological polar surface area (TPSA) is 37.0 Å². The van der Waals surface area contributed by atoms with Gasteiger partial charge in [0.05, 0.1) is 16.9 Å². The van der Waals surface area contributed by atoms with Crippen molar-refractivity contribution in [1.29, 1.82) is 0 Å². The molecule has 72 valence electrons. The number of nitrogens with zero attached hydrogens (tertiary/aromatic N) is 1. The molecule has 14 heavy (non-hydrogen) atoms. The van der Waals surface area contributed by atoms with Crippen molar-refractivity contribution in [3.8, 4) is 0 Å². The van der Waals surface area contributed by atoms with Crippen LogP contribution < -0.4 is 10.6 Å². The molecule has 0 aliphatic carbocycles. The van der Waals surface area contributed by atoms with Crippen LogP contribution in [0.3, 0.4) is 0 Å². The Balaban J connectivity index is 2.77. The van der Waals surface area contributed by atoms with E-state index < -0.39 is 0 Å². The van der Waals surface area contributed by atoms with E-state index in [9.17, 15) is 0 Å². The first kappa shape index (κ1) is 8.81. The third-order valence-electron chi connectivity index (χ3n) is 2.29. The molecule has 0 atom stereocenters. The molecule has 0 saturated heterocycles. The lowest BCUT2D eigenvalue weighted by atomic mass is 10.1. The summed E-state index contributed by atoms with van der Waals surface area (Å²) in [7, 11) is 3.81. The average molecular weight is 187 g/mol. The predicted octanol–water partition coefficient (Wildman–Crippen LogP) is 2.32. The number of anilines is 2. The van der Waals surface area contributed by atoms with Crippen LogP contribution in [0.1, 0.15) is 0 Å². The van der Waals surface area contributed by atoms with Crippen LogP contribution in [0.4, 0.5) is 11.4 Å². The molecule has 0 radical (unpaired) electrons. The Morgan fingerprint density at radius 3 is 2.64 bits per heavy atom. The SMILES string of the molecule is CNc1ccc2cccnc2c1NC. The van der Waals surface area contributed by atoms with Crippen LogP contribution in [0.15, 0.2) is 30.5 Å². The standard InChI is InChI=1S/C11H13N3/c1-12-9-6-5-8-4-3-7-14-10(8)11(9)13-2/h3-7,12-13H,1-2H3. The van der Waals surface area contributed by atoms with Gasteiger partial charge in [-0.3, -0.25) is 4.98 Å². The summed E-state index contributed by atoms with van der Waals surface area (Å²) in [6, 6.07) is 8.12. The predicted molar refractivity (Wildman–Crippen MR) is 60.8 cm³/mol. The van der Waals surface area contributed by atoms with E-state index >= 15 is 0 Å². The number of hydrogen-bond acceptors (Lipinski definition) is 3. The molecule has 1 heterocycles. The molecule has 0 bridgehead atoms. The lowest BCUT2D eigenvalue weighted by Crippen LogP contribution is -1.98. The molecular weight excluding hydrogens is 174 g/mol. The van der Waals surface area contributed by atoms with Crippen LogP contribution in [0, 0.1) is 0 Å². The van der Waals surface area contributed by atoms with E-state index in [1.807, 2.05) is 26.4 Å². The van der Waals surface area contributed by atoms with Gasteiger partial charge in [0.1, 0.15) is 0 Å². The third-order valence-corrected chi connectivity index (χ3v) is 2.29. The maximum atomic E-state index is 4.36. The minimum Gasteiger partial charge on any atom is -0.386 e. The second-order valence-corrected chi connectivity index (χ2v) is 3.06. The fraction of sp³-hybridized carbons (Fsp3) is 0.182. The fourth-order valence-corrected chi connectivity index (χ4v) is 1.61. The zero-order valence-electron chi connectivity index (χ0n) is 8.33. The lowest BCUT2D eigenvalue weighted by molar-refractivity contribution is 1.38. The van der Waals surface area contributed by atoms with Gasteiger partial charge in [0.25, 0.3) is 0 Å². The summed E-state index contributed by atoms with van der Waals surface area (Å²) < 4.78 is 0. The molecule has 0 saturated carbocycles. The van der Waals surface area contributed by atoms with Crippen LogP contribution in [-0.4, -0.2) is 19.1 Å². The zero-order valence-corrected chi connectivity index (χ0v) is 8.33. The summed E-state index contributed by atoms with van der Waals surface area (Å²) in [5, 5.41) is 7.45. The number of pyridine rings is 1. The van der Waals surface area contributed by atoms with Crippen LogP contribution in [0.25, 0.3) is 10.9 Å². The van der Waals surface area contributed by atoms with Crippen molar-refractivity contribution in [3.05, 3.63) is 30.5 Å². The van der Waals surface area contributed by atoms with Crippen molar-refractivity contribution < 1.29 is 0 Å². The summed E-state index contributed by atoms with van der Waals surface area (Å²) in [4.78, 5) is 4.36. The molecule has 2 aromatic rings. The van der Waals surface area contributed by atoms with Gasteiger partial charge in [0, 0.05) is 25.7 Å². The number of nitrogens with one attached hydrogen (secondary N) is 2. The first-order chi connectivity index (χ1) is 6.86. The van der Waals surface area contributed by atoms with Gasteiger partial charge in [-0.1, -0.05) is 12.1 Å². The molecule has 0 spiro atoms. The van der Waals surface area contributed by atoms with Crippen LogP contribution in [0.5, 0.6) is 0 Å². The largest absolute Gasteiger partial charge is 0.386 e. The molecule has 0 aliphatic rings. The molecule has 0 aliphatic heterocycles. The Morgan fingerprint density at radius 2 is 1.93 bits per heavy atom. The van der Waals surface area contributed by atoms with Crippen molar-refractivity contribution in [2.24, 2.45) is 0 Å². The van der Waals surface area contributed by atoms with Crippen molar-refractivity contribution in [2.45, 2.75) is 0 Å². The molecular formula is C11H13N3. The van der Waals surface area contributed by atoms with Gasteiger partial charge in [-0.15, -0.1) is 0 Å². The normalized spacial score (nSPS) is 10.1. The summed E-state index contributed by atoms with van der Waals surface area (Å²) in [5.74, 6) is 0. The van der Waals surface area contributed by atoms with E-state index in [2.05, 4.69) is 33.8 Å². The van der Waals surface area contributed by atoms with Gasteiger partial charge in [0.15, 0.2) is 0 Å². The molecule has 3 heteroatoms. The maximum absolute atomic E-state index is 4.36.